The lowest BCUT2D eigenvalue weighted by Gasteiger charge is -2.36. The molecule has 1 aliphatic rings. The Morgan fingerprint density at radius 3 is 2.59 bits per heavy atom. The average molecular weight is 362 g/mol. The number of amides is 1. The minimum atomic E-state index is -0.0237. The van der Waals surface area contributed by atoms with E-state index in [0.717, 1.165) is 24.5 Å². The summed E-state index contributed by atoms with van der Waals surface area (Å²) in [6.07, 6.45) is 3.31. The second kappa shape index (κ2) is 7.95. The van der Waals surface area contributed by atoms with Crippen LogP contribution in [0.25, 0.3) is 0 Å². The highest BCUT2D eigenvalue weighted by Crippen LogP contribution is 2.17. The van der Waals surface area contributed by atoms with Crippen molar-refractivity contribution in [3.63, 3.8) is 0 Å². The van der Waals surface area contributed by atoms with Crippen LogP contribution in [0.15, 0.2) is 71.5 Å². The normalized spacial score (nSPS) is 14.2. The predicted molar refractivity (Wildman–Crippen MR) is 105 cm³/mol. The second-order valence-corrected chi connectivity index (χ2v) is 6.48. The van der Waals surface area contributed by atoms with Crippen LogP contribution in [-0.4, -0.2) is 42.0 Å². The van der Waals surface area contributed by atoms with Crippen LogP contribution in [-0.2, 0) is 6.54 Å². The third-order valence-electron chi connectivity index (χ3n) is 4.71. The van der Waals surface area contributed by atoms with Gasteiger partial charge in [0.25, 0.3) is 5.91 Å². The Morgan fingerprint density at radius 2 is 1.85 bits per heavy atom. The molecule has 3 aromatic rings. The number of hydrogen-bond donors (Lipinski definition) is 1. The summed E-state index contributed by atoms with van der Waals surface area (Å²) in [5.41, 5.74) is 2.52. The van der Waals surface area contributed by atoms with Crippen molar-refractivity contribution in [2.45, 2.75) is 6.54 Å². The van der Waals surface area contributed by atoms with Gasteiger partial charge in [0, 0.05) is 43.8 Å². The molecule has 0 spiro atoms. The van der Waals surface area contributed by atoms with E-state index in [1.54, 1.807) is 18.5 Å². The van der Waals surface area contributed by atoms with E-state index >= 15 is 0 Å². The molecule has 1 aromatic carbocycles. The summed E-state index contributed by atoms with van der Waals surface area (Å²) in [5.74, 6) is 0.820. The van der Waals surface area contributed by atoms with Gasteiger partial charge in [0.05, 0.1) is 12.8 Å². The molecule has 4 rings (SSSR count). The summed E-state index contributed by atoms with van der Waals surface area (Å²) in [5, 5.41) is 3.26. The highest BCUT2D eigenvalue weighted by atomic mass is 16.3. The molecule has 6 nitrogen and oxygen atoms in total. The van der Waals surface area contributed by atoms with E-state index in [2.05, 4.69) is 27.3 Å². The maximum Gasteiger partial charge on any atom is 0.272 e. The Balaban J connectivity index is 1.36. The molecule has 1 fully saturated rings. The van der Waals surface area contributed by atoms with Gasteiger partial charge in [-0.1, -0.05) is 18.2 Å². The minimum Gasteiger partial charge on any atom is -0.467 e. The number of benzene rings is 1. The van der Waals surface area contributed by atoms with Crippen LogP contribution in [0.3, 0.4) is 0 Å². The molecule has 0 bridgehead atoms. The number of rotatable bonds is 5. The van der Waals surface area contributed by atoms with Gasteiger partial charge in [-0.15, -0.1) is 0 Å². The maximum absolute atomic E-state index is 12.8. The van der Waals surface area contributed by atoms with Crippen molar-refractivity contribution >= 4 is 17.3 Å². The molecule has 2 aromatic heterocycles. The summed E-state index contributed by atoms with van der Waals surface area (Å²) >= 11 is 0. The number of piperazine rings is 1. The molecule has 0 aliphatic carbocycles. The van der Waals surface area contributed by atoms with E-state index in [4.69, 9.17) is 4.42 Å². The average Bonchev–Trinajstić information content (AvgIpc) is 3.26. The molecule has 1 saturated heterocycles. The highest BCUT2D eigenvalue weighted by molar-refractivity contribution is 5.93. The van der Waals surface area contributed by atoms with E-state index in [-0.39, 0.29) is 5.91 Å². The zero-order valence-corrected chi connectivity index (χ0v) is 15.0. The Morgan fingerprint density at radius 1 is 1.04 bits per heavy atom. The fraction of sp³-hybridized carbons (Fsp3) is 0.238. The quantitative estimate of drug-likeness (QED) is 0.755. The maximum atomic E-state index is 12.8. The number of pyridine rings is 1. The predicted octanol–water partition coefficient (Wildman–Crippen LogP) is 3.25. The number of carbonyl (C=O) groups excluding carboxylic acids is 1. The van der Waals surface area contributed by atoms with Crippen molar-refractivity contribution in [1.82, 2.24) is 9.88 Å². The molecular weight excluding hydrogens is 340 g/mol. The Bertz CT molecular complexity index is 872. The fourth-order valence-electron chi connectivity index (χ4n) is 3.23. The monoisotopic (exact) mass is 362 g/mol. The molecule has 1 aliphatic heterocycles. The van der Waals surface area contributed by atoms with Crippen molar-refractivity contribution in [3.8, 4) is 0 Å². The number of carbonyl (C=O) groups is 1. The first-order valence-corrected chi connectivity index (χ1v) is 9.11. The fourth-order valence-corrected chi connectivity index (χ4v) is 3.23. The standard InChI is InChI=1S/C21H22N4O2/c26-21(25-12-10-24(11-13-25)18-5-2-1-3-6-18)20-15-17(8-9-22-20)23-16-19-7-4-14-27-19/h1-9,14-15H,10-13,16H2,(H,22,23). The Labute approximate surface area is 158 Å². The molecule has 0 unspecified atom stereocenters. The topological polar surface area (TPSA) is 61.6 Å². The van der Waals surface area contributed by atoms with Crippen LogP contribution >= 0.6 is 0 Å². The number of aromatic nitrogens is 1. The Hall–Kier alpha value is -3.28. The number of nitrogens with one attached hydrogen (secondary N) is 1. The largest absolute Gasteiger partial charge is 0.467 e. The summed E-state index contributed by atoms with van der Waals surface area (Å²) in [6, 6.07) is 17.7. The van der Waals surface area contributed by atoms with E-state index in [1.165, 1.54) is 5.69 Å². The van der Waals surface area contributed by atoms with E-state index in [9.17, 15) is 4.79 Å². The van der Waals surface area contributed by atoms with Crippen LogP contribution < -0.4 is 10.2 Å². The van der Waals surface area contributed by atoms with Crippen LogP contribution in [0.5, 0.6) is 0 Å². The van der Waals surface area contributed by atoms with E-state index in [1.807, 2.05) is 41.3 Å². The zero-order valence-electron chi connectivity index (χ0n) is 15.0. The van der Waals surface area contributed by atoms with Gasteiger partial charge < -0.3 is 19.5 Å². The van der Waals surface area contributed by atoms with Gasteiger partial charge in [-0.25, -0.2) is 0 Å². The van der Waals surface area contributed by atoms with Crippen molar-refractivity contribution in [1.29, 1.82) is 0 Å². The first kappa shape index (κ1) is 17.1. The molecule has 1 amide bonds. The van der Waals surface area contributed by atoms with Gasteiger partial charge in [0.2, 0.25) is 0 Å². The van der Waals surface area contributed by atoms with Crippen LogP contribution in [0.4, 0.5) is 11.4 Å². The van der Waals surface area contributed by atoms with Crippen molar-refractivity contribution in [3.05, 3.63) is 78.5 Å². The molecular formula is C21H22N4O2. The van der Waals surface area contributed by atoms with Crippen LogP contribution in [0, 0.1) is 0 Å². The van der Waals surface area contributed by atoms with Gasteiger partial charge in [-0.2, -0.15) is 0 Å². The second-order valence-electron chi connectivity index (χ2n) is 6.48. The van der Waals surface area contributed by atoms with Crippen molar-refractivity contribution in [2.75, 3.05) is 36.4 Å². The lowest BCUT2D eigenvalue weighted by Crippen LogP contribution is -2.49. The van der Waals surface area contributed by atoms with Gasteiger partial charge in [-0.3, -0.25) is 9.78 Å². The first-order valence-electron chi connectivity index (χ1n) is 9.11. The Kier molecular flexibility index (Phi) is 5.05. The van der Waals surface area contributed by atoms with Crippen molar-refractivity contribution < 1.29 is 9.21 Å². The summed E-state index contributed by atoms with van der Waals surface area (Å²) in [6.45, 7) is 3.61. The third-order valence-corrected chi connectivity index (χ3v) is 4.71. The van der Waals surface area contributed by atoms with E-state index in [0.29, 0.717) is 25.3 Å². The summed E-state index contributed by atoms with van der Waals surface area (Å²) in [4.78, 5) is 21.3. The number of anilines is 2. The van der Waals surface area contributed by atoms with Crippen LogP contribution in [0.2, 0.25) is 0 Å². The van der Waals surface area contributed by atoms with E-state index < -0.39 is 0 Å². The van der Waals surface area contributed by atoms with Crippen LogP contribution in [0.1, 0.15) is 16.2 Å². The number of nitrogens with zero attached hydrogens (tertiary/aromatic N) is 3. The molecule has 0 radical (unpaired) electrons. The molecule has 0 atom stereocenters. The highest BCUT2D eigenvalue weighted by Gasteiger charge is 2.23. The minimum absolute atomic E-state index is 0.0237. The first-order chi connectivity index (χ1) is 13.3. The molecule has 1 N–H and O–H groups in total. The summed E-state index contributed by atoms with van der Waals surface area (Å²) < 4.78 is 5.32. The number of hydrogen-bond acceptors (Lipinski definition) is 5. The summed E-state index contributed by atoms with van der Waals surface area (Å²) in [7, 11) is 0. The van der Waals surface area contributed by atoms with Gasteiger partial charge >= 0.3 is 0 Å². The van der Waals surface area contributed by atoms with Gasteiger partial charge in [0.15, 0.2) is 0 Å². The molecule has 27 heavy (non-hydrogen) atoms. The smallest absolute Gasteiger partial charge is 0.272 e. The van der Waals surface area contributed by atoms with Crippen molar-refractivity contribution in [2.24, 2.45) is 0 Å². The lowest BCUT2D eigenvalue weighted by molar-refractivity contribution is 0.0741. The molecule has 6 heteroatoms. The molecule has 0 saturated carbocycles. The SMILES string of the molecule is O=C(c1cc(NCc2ccco2)ccn1)N1CCN(c2ccccc2)CC1. The lowest BCUT2D eigenvalue weighted by atomic mass is 10.2. The molecule has 138 valence electrons. The number of furan rings is 1. The third kappa shape index (κ3) is 4.11. The number of para-hydroxylation sites is 1. The van der Waals surface area contributed by atoms with Gasteiger partial charge in [0.1, 0.15) is 11.5 Å². The zero-order chi connectivity index (χ0) is 18.5. The van der Waals surface area contributed by atoms with Gasteiger partial charge in [-0.05, 0) is 36.4 Å². The molecule has 3 heterocycles.